The van der Waals surface area contributed by atoms with Crippen molar-refractivity contribution < 1.29 is 4.79 Å². The fourth-order valence-electron chi connectivity index (χ4n) is 5.55. The number of aromatic amines is 1. The van der Waals surface area contributed by atoms with Gasteiger partial charge >= 0.3 is 0 Å². The van der Waals surface area contributed by atoms with Crippen molar-refractivity contribution in [1.82, 2.24) is 24.8 Å². The molecule has 8 nitrogen and oxygen atoms in total. The number of likely N-dealkylation sites (N-methyl/N-ethyl adjacent to an activating group) is 1. The van der Waals surface area contributed by atoms with E-state index in [1.54, 1.807) is 0 Å². The lowest BCUT2D eigenvalue weighted by Gasteiger charge is -2.33. The molecule has 8 heteroatoms. The summed E-state index contributed by atoms with van der Waals surface area (Å²) in [5.41, 5.74) is 5.71. The van der Waals surface area contributed by atoms with Crippen LogP contribution in [0.3, 0.4) is 0 Å². The number of nitrogens with one attached hydrogen (secondary N) is 2. The topological polar surface area (TPSA) is 86.3 Å². The van der Waals surface area contributed by atoms with Crippen molar-refractivity contribution in [3.8, 4) is 11.1 Å². The van der Waals surface area contributed by atoms with Gasteiger partial charge < -0.3 is 24.7 Å². The molecule has 1 aromatic carbocycles. The van der Waals surface area contributed by atoms with Crippen molar-refractivity contribution in [3.05, 3.63) is 81.5 Å². The molecule has 40 heavy (non-hydrogen) atoms. The molecule has 0 radical (unpaired) electrons. The van der Waals surface area contributed by atoms with Gasteiger partial charge in [-0.2, -0.15) is 0 Å². The number of H-pyrrole nitrogens is 1. The molecule has 0 saturated carbocycles. The molecule has 0 bridgehead atoms. The second kappa shape index (κ2) is 11.3. The Labute approximate surface area is 236 Å². The first kappa shape index (κ1) is 27.6. The van der Waals surface area contributed by atoms with Crippen molar-refractivity contribution in [3.63, 3.8) is 0 Å². The summed E-state index contributed by atoms with van der Waals surface area (Å²) < 4.78 is 2.18. The van der Waals surface area contributed by atoms with Gasteiger partial charge in [0, 0.05) is 84.4 Å². The van der Waals surface area contributed by atoms with Crippen LogP contribution in [0.5, 0.6) is 0 Å². The third-order valence-corrected chi connectivity index (χ3v) is 7.90. The zero-order chi connectivity index (χ0) is 28.6. The van der Waals surface area contributed by atoms with Crippen molar-refractivity contribution in [1.29, 1.82) is 0 Å². The fourth-order valence-corrected chi connectivity index (χ4v) is 5.55. The average Bonchev–Trinajstić information content (AvgIpc) is 3.36. The van der Waals surface area contributed by atoms with E-state index in [9.17, 15) is 9.59 Å². The maximum Gasteiger partial charge on any atom is 0.253 e. The maximum atomic E-state index is 13.7. The molecule has 1 aliphatic heterocycles. The summed E-state index contributed by atoms with van der Waals surface area (Å²) >= 11 is 0. The van der Waals surface area contributed by atoms with Crippen LogP contribution < -0.4 is 15.8 Å². The number of aromatic nitrogens is 3. The second-order valence-corrected chi connectivity index (χ2v) is 11.5. The molecular weight excluding hydrogens is 500 g/mol. The van der Waals surface area contributed by atoms with Crippen LogP contribution in [0.1, 0.15) is 66.8 Å². The van der Waals surface area contributed by atoms with Gasteiger partial charge in [-0.05, 0) is 81.3 Å². The molecule has 1 amide bonds. The molecule has 1 fully saturated rings. The van der Waals surface area contributed by atoms with Gasteiger partial charge in [0.25, 0.3) is 11.5 Å². The number of carbonyl (C=O) groups is 1. The first-order valence-electron chi connectivity index (χ1n) is 14.2. The number of anilines is 1. The predicted octanol–water partition coefficient (Wildman–Crippen LogP) is 5.09. The molecule has 0 atom stereocenters. The van der Waals surface area contributed by atoms with Gasteiger partial charge in [-0.1, -0.05) is 13.8 Å². The van der Waals surface area contributed by atoms with Gasteiger partial charge in [-0.15, -0.1) is 0 Å². The molecule has 5 rings (SSSR count). The Balaban J connectivity index is 1.48. The number of nitrogens with zero attached hydrogens (tertiary/aromatic N) is 4. The van der Waals surface area contributed by atoms with E-state index in [1.165, 1.54) is 0 Å². The molecule has 1 aliphatic rings. The van der Waals surface area contributed by atoms with Crippen LogP contribution in [-0.4, -0.2) is 58.6 Å². The largest absolute Gasteiger partial charge is 0.354 e. The fraction of sp³-hybridized carbons (Fsp3) is 0.406. The minimum Gasteiger partial charge on any atom is -0.354 e. The Morgan fingerprint density at radius 3 is 2.42 bits per heavy atom. The van der Waals surface area contributed by atoms with Crippen LogP contribution in [0, 0.1) is 6.92 Å². The first-order chi connectivity index (χ1) is 19.1. The first-order valence-corrected chi connectivity index (χ1v) is 14.2. The smallest absolute Gasteiger partial charge is 0.253 e. The van der Waals surface area contributed by atoms with Crippen molar-refractivity contribution in [2.24, 2.45) is 0 Å². The number of carbonyl (C=O) groups excluding carboxylic acids is 1. The summed E-state index contributed by atoms with van der Waals surface area (Å²) in [5, 5.41) is 3.93. The minimum absolute atomic E-state index is 0.152. The Bertz CT molecular complexity index is 1570. The molecule has 4 heterocycles. The highest BCUT2D eigenvalue weighted by atomic mass is 16.1. The number of hydrogen-bond acceptors (Lipinski definition) is 5. The molecule has 210 valence electrons. The number of pyridine rings is 2. The standard InChI is InChI=1S/C32H40N6O2/c1-20(2)26-15-22(5)35-32(40)28(26)19-34-31(39)27-16-24(17-29-25(27)9-10-38(29)21(3)4)23-7-8-30(33-18-23)37-13-11-36(6)12-14-37/h7-10,15-18,20-21H,11-14,19H2,1-6H3,(H,34,39)(H,35,40). The highest BCUT2D eigenvalue weighted by Gasteiger charge is 2.19. The van der Waals surface area contributed by atoms with Gasteiger partial charge in [0.1, 0.15) is 5.82 Å². The lowest BCUT2D eigenvalue weighted by atomic mass is 9.97. The number of fused-ring (bicyclic) bond motifs is 1. The molecule has 1 saturated heterocycles. The van der Waals surface area contributed by atoms with Crippen LogP contribution in [-0.2, 0) is 6.54 Å². The summed E-state index contributed by atoms with van der Waals surface area (Å²) in [4.78, 5) is 38.8. The van der Waals surface area contributed by atoms with Gasteiger partial charge in [-0.25, -0.2) is 4.98 Å². The highest BCUT2D eigenvalue weighted by Crippen LogP contribution is 2.31. The van der Waals surface area contributed by atoms with E-state index in [4.69, 9.17) is 4.98 Å². The molecule has 4 aromatic rings. The Kier molecular flexibility index (Phi) is 7.81. The van der Waals surface area contributed by atoms with Crippen LogP contribution in [0.25, 0.3) is 22.0 Å². The summed E-state index contributed by atoms with van der Waals surface area (Å²) in [5.74, 6) is 0.945. The van der Waals surface area contributed by atoms with Gasteiger partial charge in [0.15, 0.2) is 0 Å². The van der Waals surface area contributed by atoms with E-state index in [0.717, 1.165) is 65.3 Å². The van der Waals surface area contributed by atoms with E-state index >= 15 is 0 Å². The number of amides is 1. The summed E-state index contributed by atoms with van der Waals surface area (Å²) in [6, 6.07) is 12.5. The molecule has 0 spiro atoms. The third kappa shape index (κ3) is 5.54. The van der Waals surface area contributed by atoms with E-state index in [-0.39, 0.29) is 30.0 Å². The SMILES string of the molecule is Cc1cc(C(C)C)c(CNC(=O)c2cc(-c3ccc(N4CCN(C)CC4)nc3)cc3c2ccn3C(C)C)c(=O)[nH]1. The van der Waals surface area contributed by atoms with Crippen LogP contribution in [0.2, 0.25) is 0 Å². The third-order valence-electron chi connectivity index (χ3n) is 7.90. The van der Waals surface area contributed by atoms with Gasteiger partial charge in [0.05, 0.1) is 0 Å². The lowest BCUT2D eigenvalue weighted by Crippen LogP contribution is -2.44. The molecule has 3 aromatic heterocycles. The molecule has 0 aliphatic carbocycles. The Hall–Kier alpha value is -3.91. The summed E-state index contributed by atoms with van der Waals surface area (Å²) in [6.45, 7) is 14.4. The van der Waals surface area contributed by atoms with Crippen LogP contribution in [0.15, 0.2) is 53.6 Å². The number of rotatable bonds is 7. The zero-order valence-electron chi connectivity index (χ0n) is 24.4. The molecule has 0 unspecified atom stereocenters. The highest BCUT2D eigenvalue weighted by molar-refractivity contribution is 6.08. The molecule has 2 N–H and O–H groups in total. The van der Waals surface area contributed by atoms with Crippen LogP contribution in [0.4, 0.5) is 5.82 Å². The van der Waals surface area contributed by atoms with Crippen molar-refractivity contribution in [2.75, 3.05) is 38.1 Å². The van der Waals surface area contributed by atoms with E-state index in [2.05, 4.69) is 77.6 Å². The predicted molar refractivity (Wildman–Crippen MR) is 162 cm³/mol. The van der Waals surface area contributed by atoms with E-state index in [1.807, 2.05) is 37.5 Å². The van der Waals surface area contributed by atoms with Gasteiger partial charge in [-0.3, -0.25) is 9.59 Å². The normalized spacial score (nSPS) is 14.4. The van der Waals surface area contributed by atoms with Crippen molar-refractivity contribution in [2.45, 2.75) is 53.1 Å². The molecular formula is C32H40N6O2. The lowest BCUT2D eigenvalue weighted by molar-refractivity contribution is 0.0952. The second-order valence-electron chi connectivity index (χ2n) is 11.5. The van der Waals surface area contributed by atoms with E-state index < -0.39 is 0 Å². The summed E-state index contributed by atoms with van der Waals surface area (Å²) in [7, 11) is 2.15. The number of benzene rings is 1. The number of piperazine rings is 1. The Morgan fingerprint density at radius 2 is 1.77 bits per heavy atom. The zero-order valence-corrected chi connectivity index (χ0v) is 24.4. The minimum atomic E-state index is -0.204. The average molecular weight is 541 g/mol. The Morgan fingerprint density at radius 1 is 1.02 bits per heavy atom. The van der Waals surface area contributed by atoms with Crippen LogP contribution >= 0.6 is 0 Å². The van der Waals surface area contributed by atoms with Gasteiger partial charge in [0.2, 0.25) is 0 Å². The number of aryl methyl sites for hydroxylation is 1. The quantitative estimate of drug-likeness (QED) is 0.341. The maximum absolute atomic E-state index is 13.7. The summed E-state index contributed by atoms with van der Waals surface area (Å²) in [6.07, 6.45) is 3.94. The monoisotopic (exact) mass is 540 g/mol. The van der Waals surface area contributed by atoms with Crippen molar-refractivity contribution >= 4 is 22.6 Å². The van der Waals surface area contributed by atoms with E-state index in [0.29, 0.717) is 11.1 Å². The number of hydrogen-bond donors (Lipinski definition) is 2.